The van der Waals surface area contributed by atoms with Gasteiger partial charge in [-0.3, -0.25) is 4.79 Å². The van der Waals surface area contributed by atoms with Gasteiger partial charge < -0.3 is 10.4 Å². The van der Waals surface area contributed by atoms with Crippen LogP contribution in [0.15, 0.2) is 12.1 Å². The fraction of sp³-hybridized carbons (Fsp3) is 0.562. The lowest BCUT2D eigenvalue weighted by atomic mass is 9.85. The summed E-state index contributed by atoms with van der Waals surface area (Å²) in [4.78, 5) is 10.5. The van der Waals surface area contributed by atoms with Crippen LogP contribution in [-0.2, 0) is 10.2 Å². The van der Waals surface area contributed by atoms with Crippen LogP contribution in [-0.4, -0.2) is 17.6 Å². The number of aryl methyl sites for hydroxylation is 2. The summed E-state index contributed by atoms with van der Waals surface area (Å²) in [5.41, 5.74) is 5.06. The Labute approximate surface area is 116 Å². The molecule has 0 aliphatic heterocycles. The number of hydrogen-bond acceptors (Lipinski definition) is 2. The van der Waals surface area contributed by atoms with Crippen molar-refractivity contribution in [1.29, 1.82) is 0 Å². The molecule has 0 bridgehead atoms. The van der Waals surface area contributed by atoms with E-state index in [-0.39, 0.29) is 11.8 Å². The van der Waals surface area contributed by atoms with E-state index in [2.05, 4.69) is 52.1 Å². The minimum Gasteiger partial charge on any atom is -0.481 e. The number of carboxylic acid groups (broad SMARTS) is 1. The number of carboxylic acids is 1. The average molecular weight is 263 g/mol. The van der Waals surface area contributed by atoms with E-state index in [1.165, 1.54) is 16.7 Å². The van der Waals surface area contributed by atoms with Crippen molar-refractivity contribution in [3.63, 3.8) is 0 Å². The summed E-state index contributed by atoms with van der Waals surface area (Å²) in [6.07, 6.45) is 0.862. The Bertz CT molecular complexity index is 435. The third-order valence-electron chi connectivity index (χ3n) is 3.27. The smallest absolute Gasteiger partial charge is 0.303 e. The molecule has 0 aliphatic rings. The molecule has 0 heterocycles. The molecule has 0 saturated heterocycles. The lowest BCUT2D eigenvalue weighted by molar-refractivity contribution is -0.137. The van der Waals surface area contributed by atoms with Gasteiger partial charge in [0, 0.05) is 18.7 Å². The maximum Gasteiger partial charge on any atom is 0.303 e. The Kier molecular flexibility index (Phi) is 4.98. The van der Waals surface area contributed by atoms with E-state index in [4.69, 9.17) is 5.11 Å². The second-order valence-electron chi connectivity index (χ2n) is 6.16. The molecule has 1 rings (SSSR count). The maximum atomic E-state index is 10.5. The van der Waals surface area contributed by atoms with Crippen molar-refractivity contribution in [1.82, 2.24) is 0 Å². The zero-order chi connectivity index (χ0) is 14.6. The predicted molar refractivity (Wildman–Crippen MR) is 80.0 cm³/mol. The highest BCUT2D eigenvalue weighted by Crippen LogP contribution is 2.29. The number of hydrogen-bond donors (Lipinski definition) is 2. The highest BCUT2D eigenvalue weighted by molar-refractivity contribution is 5.66. The van der Waals surface area contributed by atoms with Crippen molar-refractivity contribution >= 4 is 11.7 Å². The third kappa shape index (κ3) is 4.58. The van der Waals surface area contributed by atoms with Gasteiger partial charge in [-0.05, 0) is 42.4 Å². The second kappa shape index (κ2) is 6.09. The van der Waals surface area contributed by atoms with E-state index < -0.39 is 5.97 Å². The van der Waals surface area contributed by atoms with Gasteiger partial charge in [-0.15, -0.1) is 0 Å². The van der Waals surface area contributed by atoms with Gasteiger partial charge in [-0.1, -0.05) is 32.9 Å². The molecule has 0 aromatic heterocycles. The van der Waals surface area contributed by atoms with Gasteiger partial charge in [-0.25, -0.2) is 0 Å². The highest BCUT2D eigenvalue weighted by atomic mass is 16.4. The zero-order valence-corrected chi connectivity index (χ0v) is 12.6. The number of rotatable bonds is 5. The Morgan fingerprint density at radius 1 is 1.21 bits per heavy atom. The van der Waals surface area contributed by atoms with Crippen LogP contribution < -0.4 is 5.32 Å². The lowest BCUT2D eigenvalue weighted by Gasteiger charge is -2.22. The first-order chi connectivity index (χ1) is 8.71. The van der Waals surface area contributed by atoms with Crippen LogP contribution in [0.1, 0.15) is 50.3 Å². The lowest BCUT2D eigenvalue weighted by Crippen LogP contribution is -2.13. The summed E-state index contributed by atoms with van der Waals surface area (Å²) in [7, 11) is 0. The molecular weight excluding hydrogens is 238 g/mol. The molecule has 0 spiro atoms. The topological polar surface area (TPSA) is 49.3 Å². The van der Waals surface area contributed by atoms with Crippen LogP contribution in [0.5, 0.6) is 0 Å². The van der Waals surface area contributed by atoms with Crippen molar-refractivity contribution < 1.29 is 9.90 Å². The van der Waals surface area contributed by atoms with Crippen LogP contribution in [0.2, 0.25) is 0 Å². The summed E-state index contributed by atoms with van der Waals surface area (Å²) in [5.74, 6) is -0.738. The summed E-state index contributed by atoms with van der Waals surface area (Å²) in [5, 5.41) is 12.0. The Hall–Kier alpha value is -1.51. The summed E-state index contributed by atoms with van der Waals surface area (Å²) in [6.45, 7) is 11.5. The maximum absolute atomic E-state index is 10.5. The van der Waals surface area contributed by atoms with Gasteiger partial charge in [0.05, 0.1) is 0 Å². The molecule has 0 atom stereocenters. The molecule has 0 saturated carbocycles. The Morgan fingerprint density at radius 3 is 2.16 bits per heavy atom. The second-order valence-corrected chi connectivity index (χ2v) is 6.16. The molecule has 1 aromatic carbocycles. The first-order valence-corrected chi connectivity index (χ1v) is 6.79. The summed E-state index contributed by atoms with van der Waals surface area (Å²) < 4.78 is 0. The van der Waals surface area contributed by atoms with Gasteiger partial charge in [0.1, 0.15) is 0 Å². The molecule has 19 heavy (non-hydrogen) atoms. The SMILES string of the molecule is Cc1cc(C(C)(C)C)cc(C)c1NCCCC(=O)O. The highest BCUT2D eigenvalue weighted by Gasteiger charge is 2.16. The standard InChI is InChI=1S/C16H25NO2/c1-11-9-13(16(3,4)5)10-12(2)15(11)17-8-6-7-14(18)19/h9-10,17H,6-8H2,1-5H3,(H,18,19). The van der Waals surface area contributed by atoms with Crippen LogP contribution in [0.3, 0.4) is 0 Å². The molecule has 2 N–H and O–H groups in total. The van der Waals surface area contributed by atoms with Gasteiger partial charge in [-0.2, -0.15) is 0 Å². The molecule has 3 heteroatoms. The Balaban J connectivity index is 2.78. The van der Waals surface area contributed by atoms with E-state index in [1.54, 1.807) is 0 Å². The molecule has 1 aromatic rings. The van der Waals surface area contributed by atoms with Gasteiger partial charge in [0.25, 0.3) is 0 Å². The summed E-state index contributed by atoms with van der Waals surface area (Å²) >= 11 is 0. The molecule has 106 valence electrons. The minimum atomic E-state index is -0.738. The number of carbonyl (C=O) groups is 1. The van der Waals surface area contributed by atoms with E-state index in [1.807, 2.05) is 0 Å². The number of nitrogens with one attached hydrogen (secondary N) is 1. The number of anilines is 1. The summed E-state index contributed by atoms with van der Waals surface area (Å²) in [6, 6.07) is 4.43. The molecule has 0 aliphatic carbocycles. The number of benzene rings is 1. The van der Waals surface area contributed by atoms with Crippen LogP contribution in [0.4, 0.5) is 5.69 Å². The predicted octanol–water partition coefficient (Wildman–Crippen LogP) is 3.88. The monoisotopic (exact) mass is 263 g/mol. The van der Waals surface area contributed by atoms with Gasteiger partial charge in [0.2, 0.25) is 0 Å². The normalized spacial score (nSPS) is 11.4. The zero-order valence-electron chi connectivity index (χ0n) is 12.6. The van der Waals surface area contributed by atoms with E-state index in [0.29, 0.717) is 13.0 Å². The Morgan fingerprint density at radius 2 is 1.74 bits per heavy atom. The van der Waals surface area contributed by atoms with Crippen molar-refractivity contribution in [2.45, 2.75) is 52.9 Å². The fourth-order valence-electron chi connectivity index (χ4n) is 2.13. The first-order valence-electron chi connectivity index (χ1n) is 6.79. The quantitative estimate of drug-likeness (QED) is 0.793. The molecular formula is C16H25NO2. The average Bonchev–Trinajstić information content (AvgIpc) is 2.25. The molecule has 0 unspecified atom stereocenters. The van der Waals surface area contributed by atoms with Crippen molar-refractivity contribution in [3.05, 3.63) is 28.8 Å². The van der Waals surface area contributed by atoms with Crippen molar-refractivity contribution in [2.24, 2.45) is 0 Å². The van der Waals surface area contributed by atoms with Crippen LogP contribution in [0.25, 0.3) is 0 Å². The van der Waals surface area contributed by atoms with E-state index in [0.717, 1.165) is 5.69 Å². The molecule has 0 radical (unpaired) electrons. The van der Waals surface area contributed by atoms with Crippen molar-refractivity contribution in [2.75, 3.05) is 11.9 Å². The van der Waals surface area contributed by atoms with E-state index in [9.17, 15) is 4.79 Å². The first kappa shape index (κ1) is 15.5. The number of aliphatic carboxylic acids is 1. The molecule has 0 amide bonds. The molecule has 0 fully saturated rings. The van der Waals surface area contributed by atoms with Crippen molar-refractivity contribution in [3.8, 4) is 0 Å². The fourth-order valence-corrected chi connectivity index (χ4v) is 2.13. The van der Waals surface area contributed by atoms with Crippen LogP contribution in [0, 0.1) is 13.8 Å². The molecule has 3 nitrogen and oxygen atoms in total. The van der Waals surface area contributed by atoms with Gasteiger partial charge in [0.15, 0.2) is 0 Å². The largest absolute Gasteiger partial charge is 0.481 e. The van der Waals surface area contributed by atoms with Gasteiger partial charge >= 0.3 is 5.97 Å². The van der Waals surface area contributed by atoms with E-state index >= 15 is 0 Å². The minimum absolute atomic E-state index is 0.150. The van der Waals surface area contributed by atoms with Crippen LogP contribution >= 0.6 is 0 Å². The third-order valence-corrected chi connectivity index (χ3v) is 3.27.